The summed E-state index contributed by atoms with van der Waals surface area (Å²) in [5.41, 5.74) is 2.76. The predicted molar refractivity (Wildman–Crippen MR) is 112 cm³/mol. The molecule has 1 saturated heterocycles. The molecule has 150 valence electrons. The average Bonchev–Trinajstić information content (AvgIpc) is 3.25. The third-order valence-electron chi connectivity index (χ3n) is 5.22. The second kappa shape index (κ2) is 8.90. The van der Waals surface area contributed by atoms with Crippen molar-refractivity contribution in [2.24, 2.45) is 0 Å². The zero-order chi connectivity index (χ0) is 20.1. The molecule has 1 fully saturated rings. The highest BCUT2D eigenvalue weighted by atomic mass is 16.4. The number of benzene rings is 2. The lowest BCUT2D eigenvalue weighted by atomic mass is 10.0. The fourth-order valence-corrected chi connectivity index (χ4v) is 3.66. The molecule has 1 aromatic heterocycles. The molecule has 3 aromatic rings. The van der Waals surface area contributed by atoms with Gasteiger partial charge in [-0.3, -0.25) is 4.79 Å². The Morgan fingerprint density at radius 3 is 2.62 bits per heavy atom. The molecule has 6 nitrogen and oxygen atoms in total. The number of rotatable bonds is 6. The Bertz CT molecular complexity index is 948. The molecule has 2 aromatic carbocycles. The summed E-state index contributed by atoms with van der Waals surface area (Å²) in [5.74, 6) is 0.294. The van der Waals surface area contributed by atoms with Crippen molar-refractivity contribution in [2.45, 2.75) is 38.6 Å². The summed E-state index contributed by atoms with van der Waals surface area (Å²) in [7, 11) is 0. The number of nitrogens with zero attached hydrogens (tertiary/aromatic N) is 3. The van der Waals surface area contributed by atoms with E-state index in [1.54, 1.807) is 0 Å². The molecule has 1 aliphatic rings. The number of piperidine rings is 1. The Hall–Kier alpha value is -3.15. The van der Waals surface area contributed by atoms with Crippen molar-refractivity contribution >= 4 is 11.9 Å². The molecule has 0 unspecified atom stereocenters. The molecule has 0 radical (unpaired) electrons. The van der Waals surface area contributed by atoms with Gasteiger partial charge in [0.25, 0.3) is 5.91 Å². The first-order valence-corrected chi connectivity index (χ1v) is 10.2. The lowest BCUT2D eigenvalue weighted by molar-refractivity contribution is 0.0930. The van der Waals surface area contributed by atoms with Crippen LogP contribution in [0.5, 0.6) is 0 Å². The van der Waals surface area contributed by atoms with Gasteiger partial charge in [0, 0.05) is 25.1 Å². The summed E-state index contributed by atoms with van der Waals surface area (Å²) < 4.78 is 6.01. The van der Waals surface area contributed by atoms with Gasteiger partial charge in [-0.15, -0.1) is 5.10 Å². The number of hydrogen-bond donors (Lipinski definition) is 1. The van der Waals surface area contributed by atoms with Crippen molar-refractivity contribution in [1.82, 2.24) is 15.5 Å². The number of aryl methyl sites for hydroxylation is 1. The highest BCUT2D eigenvalue weighted by Gasteiger charge is 2.24. The molecular weight excluding hydrogens is 364 g/mol. The van der Waals surface area contributed by atoms with Crippen LogP contribution in [0.15, 0.2) is 59.0 Å². The molecule has 1 aliphatic heterocycles. The van der Waals surface area contributed by atoms with E-state index in [1.807, 2.05) is 61.5 Å². The third-order valence-corrected chi connectivity index (χ3v) is 5.22. The first kappa shape index (κ1) is 19.2. The zero-order valence-corrected chi connectivity index (χ0v) is 16.7. The van der Waals surface area contributed by atoms with Crippen LogP contribution in [0.3, 0.4) is 0 Å². The Morgan fingerprint density at radius 2 is 1.86 bits per heavy atom. The summed E-state index contributed by atoms with van der Waals surface area (Å²) in [6, 6.07) is 17.7. The van der Waals surface area contributed by atoms with Crippen molar-refractivity contribution in [3.63, 3.8) is 0 Å². The van der Waals surface area contributed by atoms with Gasteiger partial charge in [-0.2, -0.15) is 0 Å². The topological polar surface area (TPSA) is 71.3 Å². The molecule has 0 bridgehead atoms. The maximum atomic E-state index is 12.9. The van der Waals surface area contributed by atoms with Crippen LogP contribution in [-0.4, -0.2) is 29.2 Å². The van der Waals surface area contributed by atoms with Gasteiger partial charge in [-0.1, -0.05) is 53.1 Å². The largest absolute Gasteiger partial charge is 0.406 e. The summed E-state index contributed by atoms with van der Waals surface area (Å²) in [6.07, 6.45) is 4.09. The van der Waals surface area contributed by atoms with E-state index in [4.69, 9.17) is 4.42 Å². The van der Waals surface area contributed by atoms with E-state index in [2.05, 4.69) is 20.4 Å². The first-order valence-electron chi connectivity index (χ1n) is 10.2. The van der Waals surface area contributed by atoms with Gasteiger partial charge in [0.15, 0.2) is 0 Å². The monoisotopic (exact) mass is 390 g/mol. The van der Waals surface area contributed by atoms with Crippen molar-refractivity contribution in [1.29, 1.82) is 0 Å². The number of anilines is 1. The van der Waals surface area contributed by atoms with E-state index in [0.717, 1.165) is 37.1 Å². The van der Waals surface area contributed by atoms with Crippen LogP contribution >= 0.6 is 0 Å². The fraction of sp³-hybridized carbons (Fsp3) is 0.348. The quantitative estimate of drug-likeness (QED) is 0.687. The maximum Gasteiger partial charge on any atom is 0.318 e. The molecule has 0 spiro atoms. The van der Waals surface area contributed by atoms with Crippen LogP contribution in [0.1, 0.15) is 52.7 Å². The lowest BCUT2D eigenvalue weighted by Crippen LogP contribution is -2.30. The standard InChI is InChI=1S/C23H26N4O2/c1-17-9-8-12-19(15-17)21(28)24-20(16-18-10-4-2-5-11-18)22-25-26-23(29-22)27-13-6-3-7-14-27/h2,4-5,8-12,15,20H,3,6-7,13-14,16H2,1H3,(H,24,28)/t20-/m0/s1. The molecule has 0 saturated carbocycles. The molecule has 0 aliphatic carbocycles. The maximum absolute atomic E-state index is 12.9. The number of nitrogens with one attached hydrogen (secondary N) is 1. The minimum Gasteiger partial charge on any atom is -0.406 e. The molecule has 4 rings (SSSR count). The van der Waals surface area contributed by atoms with Gasteiger partial charge in [0.2, 0.25) is 5.89 Å². The van der Waals surface area contributed by atoms with E-state index >= 15 is 0 Å². The number of aromatic nitrogens is 2. The van der Waals surface area contributed by atoms with Crippen LogP contribution in [0.2, 0.25) is 0 Å². The van der Waals surface area contributed by atoms with Crippen molar-refractivity contribution in [2.75, 3.05) is 18.0 Å². The van der Waals surface area contributed by atoms with E-state index in [-0.39, 0.29) is 5.91 Å². The molecule has 1 N–H and O–H groups in total. The number of carbonyl (C=O) groups excluding carboxylic acids is 1. The van der Waals surface area contributed by atoms with Crippen LogP contribution in [-0.2, 0) is 6.42 Å². The van der Waals surface area contributed by atoms with E-state index < -0.39 is 6.04 Å². The average molecular weight is 390 g/mol. The van der Waals surface area contributed by atoms with Crippen molar-refractivity contribution in [3.05, 3.63) is 77.2 Å². The Labute approximate surface area is 170 Å². The third kappa shape index (κ3) is 4.83. The van der Waals surface area contributed by atoms with Gasteiger partial charge in [0.1, 0.15) is 6.04 Å². The second-order valence-electron chi connectivity index (χ2n) is 7.56. The summed E-state index contributed by atoms with van der Waals surface area (Å²) >= 11 is 0. The number of carbonyl (C=O) groups is 1. The molecule has 2 heterocycles. The SMILES string of the molecule is Cc1cccc(C(=O)N[C@@H](Cc2ccccc2)c2nnc(N3CCCCC3)o2)c1. The highest BCUT2D eigenvalue weighted by Crippen LogP contribution is 2.24. The van der Waals surface area contributed by atoms with Gasteiger partial charge >= 0.3 is 6.01 Å². The molecule has 1 amide bonds. The number of amides is 1. The zero-order valence-electron chi connectivity index (χ0n) is 16.7. The Morgan fingerprint density at radius 1 is 1.07 bits per heavy atom. The smallest absolute Gasteiger partial charge is 0.318 e. The van der Waals surface area contributed by atoms with Crippen LogP contribution in [0, 0.1) is 6.92 Å². The van der Waals surface area contributed by atoms with Gasteiger partial charge in [0.05, 0.1) is 0 Å². The second-order valence-corrected chi connectivity index (χ2v) is 7.56. The highest BCUT2D eigenvalue weighted by molar-refractivity contribution is 5.94. The molecule has 29 heavy (non-hydrogen) atoms. The molecular formula is C23H26N4O2. The predicted octanol–water partition coefficient (Wildman–Crippen LogP) is 4.08. The van der Waals surface area contributed by atoms with Gasteiger partial charge in [-0.05, 0) is 43.9 Å². The lowest BCUT2D eigenvalue weighted by Gasteiger charge is -2.24. The normalized spacial score (nSPS) is 15.1. The summed E-state index contributed by atoms with van der Waals surface area (Å²) in [5, 5.41) is 11.6. The fourth-order valence-electron chi connectivity index (χ4n) is 3.66. The van der Waals surface area contributed by atoms with Crippen LogP contribution in [0.25, 0.3) is 0 Å². The van der Waals surface area contributed by atoms with Crippen molar-refractivity contribution in [3.8, 4) is 0 Å². The minimum absolute atomic E-state index is 0.146. The minimum atomic E-state index is -0.392. The summed E-state index contributed by atoms with van der Waals surface area (Å²) in [4.78, 5) is 15.0. The van der Waals surface area contributed by atoms with Gasteiger partial charge < -0.3 is 14.6 Å². The van der Waals surface area contributed by atoms with E-state index in [0.29, 0.717) is 23.9 Å². The van der Waals surface area contributed by atoms with E-state index in [1.165, 1.54) is 6.42 Å². The molecule has 6 heteroatoms. The van der Waals surface area contributed by atoms with Crippen LogP contribution in [0.4, 0.5) is 6.01 Å². The van der Waals surface area contributed by atoms with Crippen LogP contribution < -0.4 is 10.2 Å². The van der Waals surface area contributed by atoms with E-state index in [9.17, 15) is 4.79 Å². The molecule has 1 atom stereocenters. The number of hydrogen-bond acceptors (Lipinski definition) is 5. The summed E-state index contributed by atoms with van der Waals surface area (Å²) in [6.45, 7) is 3.84. The van der Waals surface area contributed by atoms with Gasteiger partial charge in [-0.25, -0.2) is 0 Å². The Kier molecular flexibility index (Phi) is 5.89. The van der Waals surface area contributed by atoms with Crippen molar-refractivity contribution < 1.29 is 9.21 Å². The Balaban J connectivity index is 1.56. The first-order chi connectivity index (χ1) is 14.2.